The molecular weight excluding hydrogens is 250 g/mol. The molecule has 4 nitrogen and oxygen atoms in total. The predicted octanol–water partition coefficient (Wildman–Crippen LogP) is 2.70. The van der Waals surface area contributed by atoms with Crippen LogP contribution < -0.4 is 4.90 Å². The number of aryl methyl sites for hydroxylation is 1. The first-order valence-corrected chi connectivity index (χ1v) is 6.77. The molecule has 1 saturated heterocycles. The molecular formula is C13H20ClN3O. The third kappa shape index (κ3) is 2.93. The first-order valence-electron chi connectivity index (χ1n) is 6.40. The zero-order chi connectivity index (χ0) is 13.2. The van der Waals surface area contributed by atoms with Crippen LogP contribution in [0.3, 0.4) is 0 Å². The van der Waals surface area contributed by atoms with E-state index >= 15 is 0 Å². The highest BCUT2D eigenvalue weighted by molar-refractivity contribution is 6.29. The van der Waals surface area contributed by atoms with Crippen molar-refractivity contribution in [1.82, 2.24) is 9.97 Å². The molecule has 2 heterocycles. The third-order valence-corrected chi connectivity index (χ3v) is 3.71. The number of methoxy groups -OCH3 is 1. The molecule has 0 aliphatic carbocycles. The van der Waals surface area contributed by atoms with Gasteiger partial charge in [0, 0.05) is 32.7 Å². The van der Waals surface area contributed by atoms with Crippen molar-refractivity contribution in [3.05, 3.63) is 17.0 Å². The number of anilines is 1. The minimum Gasteiger partial charge on any atom is -0.377 e. The Kier molecular flexibility index (Phi) is 4.07. The standard InChI is InChI=1S/C13H20ClN3O/c1-4-11-15-10(14)8-12(16-11)17-7-5-6-13(2,9-17)18-3/h8H,4-7,9H2,1-3H3. The summed E-state index contributed by atoms with van der Waals surface area (Å²) in [4.78, 5) is 11.0. The van der Waals surface area contributed by atoms with Crippen LogP contribution in [0, 0.1) is 0 Å². The first-order chi connectivity index (χ1) is 8.56. The molecule has 1 unspecified atom stereocenters. The summed E-state index contributed by atoms with van der Waals surface area (Å²) in [6, 6.07) is 1.84. The fourth-order valence-electron chi connectivity index (χ4n) is 2.34. The van der Waals surface area contributed by atoms with Gasteiger partial charge in [0.25, 0.3) is 0 Å². The van der Waals surface area contributed by atoms with Crippen LogP contribution >= 0.6 is 11.6 Å². The maximum atomic E-state index is 6.04. The Morgan fingerprint density at radius 1 is 1.50 bits per heavy atom. The molecule has 0 aromatic carbocycles. The number of piperidine rings is 1. The highest BCUT2D eigenvalue weighted by Crippen LogP contribution is 2.27. The molecule has 1 aromatic rings. The molecule has 18 heavy (non-hydrogen) atoms. The van der Waals surface area contributed by atoms with Crippen molar-refractivity contribution in [2.24, 2.45) is 0 Å². The fourth-order valence-corrected chi connectivity index (χ4v) is 2.53. The number of ether oxygens (including phenoxy) is 1. The number of hydrogen-bond acceptors (Lipinski definition) is 4. The van der Waals surface area contributed by atoms with Gasteiger partial charge in [0.05, 0.1) is 5.60 Å². The number of rotatable bonds is 3. The molecule has 0 spiro atoms. The molecule has 2 rings (SSSR count). The van der Waals surface area contributed by atoms with E-state index in [0.717, 1.165) is 44.0 Å². The van der Waals surface area contributed by atoms with E-state index < -0.39 is 0 Å². The molecule has 0 amide bonds. The molecule has 0 saturated carbocycles. The quantitative estimate of drug-likeness (QED) is 0.791. The van der Waals surface area contributed by atoms with E-state index in [1.807, 2.05) is 13.0 Å². The second-order valence-electron chi connectivity index (χ2n) is 5.00. The van der Waals surface area contributed by atoms with Crippen LogP contribution in [0.1, 0.15) is 32.5 Å². The fraction of sp³-hybridized carbons (Fsp3) is 0.692. The topological polar surface area (TPSA) is 38.2 Å². The second kappa shape index (κ2) is 5.41. The summed E-state index contributed by atoms with van der Waals surface area (Å²) in [6.45, 7) is 6.02. The van der Waals surface area contributed by atoms with Crippen molar-refractivity contribution in [3.8, 4) is 0 Å². The highest BCUT2D eigenvalue weighted by Gasteiger charge is 2.31. The van der Waals surface area contributed by atoms with Gasteiger partial charge in [-0.2, -0.15) is 0 Å². The molecule has 0 N–H and O–H groups in total. The summed E-state index contributed by atoms with van der Waals surface area (Å²) in [5.74, 6) is 1.71. The number of aromatic nitrogens is 2. The summed E-state index contributed by atoms with van der Waals surface area (Å²) in [5, 5.41) is 0.515. The highest BCUT2D eigenvalue weighted by atomic mass is 35.5. The Bertz CT molecular complexity index is 427. The van der Waals surface area contributed by atoms with E-state index in [0.29, 0.717) is 5.15 Å². The SMILES string of the molecule is CCc1nc(Cl)cc(N2CCCC(C)(OC)C2)n1. The normalized spacial score (nSPS) is 24.3. The van der Waals surface area contributed by atoms with Gasteiger partial charge in [-0.1, -0.05) is 18.5 Å². The maximum Gasteiger partial charge on any atom is 0.134 e. The van der Waals surface area contributed by atoms with E-state index in [1.54, 1.807) is 7.11 Å². The summed E-state index contributed by atoms with van der Waals surface area (Å²) in [7, 11) is 1.77. The van der Waals surface area contributed by atoms with Crippen LogP contribution in [0.2, 0.25) is 5.15 Å². The van der Waals surface area contributed by atoms with Crippen molar-refractivity contribution in [2.45, 2.75) is 38.7 Å². The minimum atomic E-state index is -0.0952. The van der Waals surface area contributed by atoms with Gasteiger partial charge in [-0.15, -0.1) is 0 Å². The van der Waals surface area contributed by atoms with Crippen molar-refractivity contribution >= 4 is 17.4 Å². The first kappa shape index (κ1) is 13.6. The van der Waals surface area contributed by atoms with Gasteiger partial charge in [0.2, 0.25) is 0 Å². The summed E-state index contributed by atoms with van der Waals surface area (Å²) >= 11 is 6.04. The molecule has 5 heteroatoms. The van der Waals surface area contributed by atoms with E-state index in [2.05, 4.69) is 21.8 Å². The zero-order valence-electron chi connectivity index (χ0n) is 11.2. The maximum absolute atomic E-state index is 6.04. The van der Waals surface area contributed by atoms with Gasteiger partial charge in [-0.05, 0) is 19.8 Å². The molecule has 1 atom stereocenters. The molecule has 100 valence electrons. The van der Waals surface area contributed by atoms with Gasteiger partial charge in [-0.3, -0.25) is 0 Å². The summed E-state index contributed by atoms with van der Waals surface area (Å²) in [6.07, 6.45) is 2.98. The Balaban J connectivity index is 2.23. The van der Waals surface area contributed by atoms with Gasteiger partial charge >= 0.3 is 0 Å². The molecule has 1 aromatic heterocycles. The zero-order valence-corrected chi connectivity index (χ0v) is 12.0. The monoisotopic (exact) mass is 269 g/mol. The Labute approximate surface area is 113 Å². The molecule has 1 aliphatic heterocycles. The smallest absolute Gasteiger partial charge is 0.134 e. The van der Waals surface area contributed by atoms with E-state index in [-0.39, 0.29) is 5.60 Å². The van der Waals surface area contributed by atoms with Crippen LogP contribution in [0.15, 0.2) is 6.07 Å². The third-order valence-electron chi connectivity index (χ3n) is 3.52. The molecule has 1 aliphatic rings. The lowest BCUT2D eigenvalue weighted by Gasteiger charge is -2.40. The van der Waals surface area contributed by atoms with Crippen LogP contribution in [0.25, 0.3) is 0 Å². The predicted molar refractivity (Wildman–Crippen MR) is 73.3 cm³/mol. The van der Waals surface area contributed by atoms with Gasteiger partial charge in [-0.25, -0.2) is 9.97 Å². The van der Waals surface area contributed by atoms with Gasteiger partial charge in [0.1, 0.15) is 16.8 Å². The van der Waals surface area contributed by atoms with Crippen LogP contribution in [0.4, 0.5) is 5.82 Å². The Morgan fingerprint density at radius 2 is 2.28 bits per heavy atom. The van der Waals surface area contributed by atoms with Gasteiger partial charge < -0.3 is 9.64 Å². The lowest BCUT2D eigenvalue weighted by molar-refractivity contribution is -0.00482. The van der Waals surface area contributed by atoms with Crippen molar-refractivity contribution in [3.63, 3.8) is 0 Å². The van der Waals surface area contributed by atoms with Crippen molar-refractivity contribution in [1.29, 1.82) is 0 Å². The van der Waals surface area contributed by atoms with E-state index in [9.17, 15) is 0 Å². The summed E-state index contributed by atoms with van der Waals surface area (Å²) in [5.41, 5.74) is -0.0952. The average molecular weight is 270 g/mol. The Hall–Kier alpha value is -0.870. The average Bonchev–Trinajstić information content (AvgIpc) is 2.38. The minimum absolute atomic E-state index is 0.0952. The number of halogens is 1. The van der Waals surface area contributed by atoms with Crippen LogP contribution in [-0.4, -0.2) is 35.8 Å². The molecule has 1 fully saturated rings. The summed E-state index contributed by atoms with van der Waals surface area (Å²) < 4.78 is 5.60. The van der Waals surface area contributed by atoms with Gasteiger partial charge in [0.15, 0.2) is 0 Å². The van der Waals surface area contributed by atoms with E-state index in [4.69, 9.17) is 16.3 Å². The molecule has 0 bridgehead atoms. The van der Waals surface area contributed by atoms with E-state index in [1.165, 1.54) is 0 Å². The largest absolute Gasteiger partial charge is 0.377 e. The lowest BCUT2D eigenvalue weighted by Crippen LogP contribution is -2.47. The van der Waals surface area contributed by atoms with Crippen LogP contribution in [-0.2, 0) is 11.2 Å². The van der Waals surface area contributed by atoms with Crippen LogP contribution in [0.5, 0.6) is 0 Å². The molecule has 0 radical (unpaired) electrons. The van der Waals surface area contributed by atoms with Crippen molar-refractivity contribution in [2.75, 3.05) is 25.1 Å². The van der Waals surface area contributed by atoms with Crippen molar-refractivity contribution < 1.29 is 4.74 Å². The number of nitrogens with zero attached hydrogens (tertiary/aromatic N) is 3. The number of hydrogen-bond donors (Lipinski definition) is 0. The lowest BCUT2D eigenvalue weighted by atomic mass is 9.95. The Morgan fingerprint density at radius 3 is 2.94 bits per heavy atom. The second-order valence-corrected chi connectivity index (χ2v) is 5.39.